The molecule has 3 aromatic rings. The first-order chi connectivity index (χ1) is 10.8. The van der Waals surface area contributed by atoms with Crippen LogP contribution in [-0.4, -0.2) is 12.1 Å². The Kier molecular flexibility index (Phi) is 3.92. The highest BCUT2D eigenvalue weighted by Crippen LogP contribution is 2.34. The minimum absolute atomic E-state index is 0.470. The first kappa shape index (κ1) is 13.9. The summed E-state index contributed by atoms with van der Waals surface area (Å²) >= 11 is 0. The molecule has 0 atom stereocenters. The summed E-state index contributed by atoms with van der Waals surface area (Å²) < 4.78 is 5.20. The number of aromatic nitrogens is 1. The van der Waals surface area contributed by atoms with Gasteiger partial charge in [-0.3, -0.25) is 0 Å². The van der Waals surface area contributed by atoms with Crippen LogP contribution in [0.25, 0.3) is 11.1 Å². The summed E-state index contributed by atoms with van der Waals surface area (Å²) in [7, 11) is 1.65. The van der Waals surface area contributed by atoms with Gasteiger partial charge >= 0.3 is 0 Å². The zero-order valence-corrected chi connectivity index (χ0v) is 12.3. The smallest absolute Gasteiger partial charge is 0.147 e. The first-order valence-electron chi connectivity index (χ1n) is 6.99. The number of nitrogens with two attached hydrogens (primary N) is 1. The number of ether oxygens (including phenoxy) is 1. The predicted octanol–water partition coefficient (Wildman–Crippen LogP) is 4.08. The van der Waals surface area contributed by atoms with Gasteiger partial charge in [-0.15, -0.1) is 0 Å². The van der Waals surface area contributed by atoms with Gasteiger partial charge < -0.3 is 15.8 Å². The van der Waals surface area contributed by atoms with Gasteiger partial charge in [0.1, 0.15) is 11.6 Å². The van der Waals surface area contributed by atoms with E-state index in [0.717, 1.165) is 28.3 Å². The normalized spacial score (nSPS) is 10.2. The van der Waals surface area contributed by atoms with E-state index in [1.165, 1.54) is 0 Å². The lowest BCUT2D eigenvalue weighted by Crippen LogP contribution is -2.00. The Labute approximate surface area is 129 Å². The van der Waals surface area contributed by atoms with E-state index in [1.54, 1.807) is 13.3 Å². The lowest BCUT2D eigenvalue weighted by molar-refractivity contribution is 0.415. The maximum atomic E-state index is 6.06. The van der Waals surface area contributed by atoms with Crippen molar-refractivity contribution >= 4 is 17.2 Å². The molecule has 3 N–H and O–H groups in total. The van der Waals surface area contributed by atoms with Crippen molar-refractivity contribution < 1.29 is 4.74 Å². The van der Waals surface area contributed by atoms with Crippen LogP contribution in [0.4, 0.5) is 17.2 Å². The summed E-state index contributed by atoms with van der Waals surface area (Å²) in [5.74, 6) is 1.29. The summed E-state index contributed by atoms with van der Waals surface area (Å²) in [6.07, 6.45) is 1.71. The molecular formula is C18H17N3O. The molecule has 0 amide bonds. The topological polar surface area (TPSA) is 60.2 Å². The molecule has 0 aliphatic heterocycles. The average Bonchev–Trinajstić information content (AvgIpc) is 2.58. The standard InChI is InChI=1S/C18H17N3O/c1-22-15-9-7-13(8-10-15)16-11-12-20-18(19)17(16)21-14-5-3-2-4-6-14/h2-12,21H,1H3,(H2,19,20). The molecule has 0 fully saturated rings. The third-order valence-corrected chi connectivity index (χ3v) is 3.42. The monoisotopic (exact) mass is 291 g/mol. The van der Waals surface area contributed by atoms with E-state index in [4.69, 9.17) is 10.5 Å². The van der Waals surface area contributed by atoms with Crippen molar-refractivity contribution in [2.45, 2.75) is 0 Å². The predicted molar refractivity (Wildman–Crippen MR) is 90.4 cm³/mol. The molecule has 0 spiro atoms. The second-order valence-corrected chi connectivity index (χ2v) is 4.84. The first-order valence-corrected chi connectivity index (χ1v) is 6.99. The van der Waals surface area contributed by atoms with Crippen LogP contribution in [0.1, 0.15) is 0 Å². The van der Waals surface area contributed by atoms with Crippen LogP contribution in [0, 0.1) is 0 Å². The van der Waals surface area contributed by atoms with Crippen molar-refractivity contribution in [1.29, 1.82) is 0 Å². The Morgan fingerprint density at radius 3 is 2.36 bits per heavy atom. The quantitative estimate of drug-likeness (QED) is 0.760. The van der Waals surface area contributed by atoms with Gasteiger partial charge in [-0.2, -0.15) is 0 Å². The number of rotatable bonds is 4. The molecule has 0 aliphatic rings. The minimum atomic E-state index is 0.470. The zero-order valence-electron chi connectivity index (χ0n) is 12.3. The van der Waals surface area contributed by atoms with Gasteiger partial charge in [0.05, 0.1) is 12.8 Å². The SMILES string of the molecule is COc1ccc(-c2ccnc(N)c2Nc2ccccc2)cc1. The summed E-state index contributed by atoms with van der Waals surface area (Å²) in [6, 6.07) is 19.7. The second-order valence-electron chi connectivity index (χ2n) is 4.84. The number of pyridine rings is 1. The molecule has 22 heavy (non-hydrogen) atoms. The molecular weight excluding hydrogens is 274 g/mol. The zero-order chi connectivity index (χ0) is 15.4. The van der Waals surface area contributed by atoms with Gasteiger partial charge in [0, 0.05) is 17.4 Å². The van der Waals surface area contributed by atoms with E-state index in [1.807, 2.05) is 60.7 Å². The number of anilines is 3. The molecule has 1 heterocycles. The molecule has 0 saturated heterocycles. The molecule has 0 aliphatic carbocycles. The van der Waals surface area contributed by atoms with E-state index in [2.05, 4.69) is 10.3 Å². The van der Waals surface area contributed by atoms with Crippen molar-refractivity contribution in [2.75, 3.05) is 18.2 Å². The molecule has 0 saturated carbocycles. The van der Waals surface area contributed by atoms with E-state index >= 15 is 0 Å². The maximum Gasteiger partial charge on any atom is 0.147 e. The lowest BCUT2D eigenvalue weighted by Gasteiger charge is -2.14. The summed E-state index contributed by atoms with van der Waals surface area (Å²) in [6.45, 7) is 0. The number of nitrogens with one attached hydrogen (secondary N) is 1. The van der Waals surface area contributed by atoms with E-state index in [0.29, 0.717) is 5.82 Å². The van der Waals surface area contributed by atoms with Gasteiger partial charge in [-0.05, 0) is 35.9 Å². The number of para-hydroxylation sites is 1. The molecule has 0 bridgehead atoms. The van der Waals surface area contributed by atoms with Crippen molar-refractivity contribution in [3.05, 3.63) is 66.9 Å². The molecule has 4 nitrogen and oxygen atoms in total. The highest BCUT2D eigenvalue weighted by atomic mass is 16.5. The van der Waals surface area contributed by atoms with Crippen LogP contribution < -0.4 is 15.8 Å². The van der Waals surface area contributed by atoms with Crippen LogP contribution in [0.15, 0.2) is 66.9 Å². The van der Waals surface area contributed by atoms with E-state index < -0.39 is 0 Å². The largest absolute Gasteiger partial charge is 0.497 e. The highest BCUT2D eigenvalue weighted by molar-refractivity contribution is 5.87. The Morgan fingerprint density at radius 2 is 1.68 bits per heavy atom. The average molecular weight is 291 g/mol. The second kappa shape index (κ2) is 6.18. The van der Waals surface area contributed by atoms with Gasteiger partial charge in [0.15, 0.2) is 0 Å². The van der Waals surface area contributed by atoms with Crippen molar-refractivity contribution in [2.24, 2.45) is 0 Å². The summed E-state index contributed by atoms with van der Waals surface area (Å²) in [5.41, 5.74) is 9.89. The molecule has 2 aromatic carbocycles. The van der Waals surface area contributed by atoms with Crippen molar-refractivity contribution in [3.63, 3.8) is 0 Å². The molecule has 4 heteroatoms. The molecule has 1 aromatic heterocycles. The van der Waals surface area contributed by atoms with Gasteiger partial charge in [0.25, 0.3) is 0 Å². The maximum absolute atomic E-state index is 6.06. The number of nitrogens with zero attached hydrogens (tertiary/aromatic N) is 1. The Bertz CT molecular complexity index is 755. The Balaban J connectivity index is 2.02. The van der Waals surface area contributed by atoms with Crippen LogP contribution in [0.2, 0.25) is 0 Å². The van der Waals surface area contributed by atoms with Gasteiger partial charge in [0.2, 0.25) is 0 Å². The third-order valence-electron chi connectivity index (χ3n) is 3.42. The van der Waals surface area contributed by atoms with Crippen LogP contribution >= 0.6 is 0 Å². The molecule has 3 rings (SSSR count). The summed E-state index contributed by atoms with van der Waals surface area (Å²) in [4.78, 5) is 4.19. The number of hydrogen-bond acceptors (Lipinski definition) is 4. The van der Waals surface area contributed by atoms with Gasteiger partial charge in [-0.1, -0.05) is 30.3 Å². The number of benzene rings is 2. The summed E-state index contributed by atoms with van der Waals surface area (Å²) in [5, 5.41) is 3.35. The Hall–Kier alpha value is -3.01. The van der Waals surface area contributed by atoms with Crippen LogP contribution in [-0.2, 0) is 0 Å². The fraction of sp³-hybridized carbons (Fsp3) is 0.0556. The number of nitrogen functional groups attached to an aromatic ring is 1. The van der Waals surface area contributed by atoms with Crippen LogP contribution in [0.5, 0.6) is 5.75 Å². The fourth-order valence-corrected chi connectivity index (χ4v) is 2.29. The van der Waals surface area contributed by atoms with E-state index in [9.17, 15) is 0 Å². The van der Waals surface area contributed by atoms with Crippen molar-refractivity contribution in [1.82, 2.24) is 4.98 Å². The fourth-order valence-electron chi connectivity index (χ4n) is 2.29. The molecule has 0 radical (unpaired) electrons. The Morgan fingerprint density at radius 1 is 0.955 bits per heavy atom. The van der Waals surface area contributed by atoms with Crippen LogP contribution in [0.3, 0.4) is 0 Å². The lowest BCUT2D eigenvalue weighted by atomic mass is 10.0. The van der Waals surface area contributed by atoms with Crippen molar-refractivity contribution in [3.8, 4) is 16.9 Å². The highest BCUT2D eigenvalue weighted by Gasteiger charge is 2.10. The number of hydrogen-bond donors (Lipinski definition) is 2. The van der Waals surface area contributed by atoms with E-state index in [-0.39, 0.29) is 0 Å². The van der Waals surface area contributed by atoms with Gasteiger partial charge in [-0.25, -0.2) is 4.98 Å². The third kappa shape index (κ3) is 2.86. The number of methoxy groups -OCH3 is 1. The minimum Gasteiger partial charge on any atom is -0.497 e. The molecule has 110 valence electrons. The molecule has 0 unspecified atom stereocenters.